The maximum atomic E-state index is 10.8. The maximum Gasteiger partial charge on any atom is 0.302 e. The highest BCUT2D eigenvalue weighted by molar-refractivity contribution is 5.66. The number of carbonyl (C=O) groups excluding carboxylic acids is 1. The zero-order valence-corrected chi connectivity index (χ0v) is 13.4. The van der Waals surface area contributed by atoms with Gasteiger partial charge in [-0.2, -0.15) is 0 Å². The summed E-state index contributed by atoms with van der Waals surface area (Å²) in [4.78, 5) is 10.8. The molecule has 0 heterocycles. The summed E-state index contributed by atoms with van der Waals surface area (Å²) in [5, 5.41) is 31.1. The van der Waals surface area contributed by atoms with Crippen LogP contribution in [0.25, 0.3) is 0 Å². The lowest BCUT2D eigenvalue weighted by molar-refractivity contribution is -0.146. The minimum atomic E-state index is -1.33. The van der Waals surface area contributed by atoms with Crippen molar-refractivity contribution in [1.29, 1.82) is 0 Å². The minimum Gasteiger partial charge on any atom is -0.463 e. The van der Waals surface area contributed by atoms with Crippen molar-refractivity contribution in [2.45, 2.75) is 82.7 Å². The zero-order chi connectivity index (χ0) is 16.3. The van der Waals surface area contributed by atoms with Gasteiger partial charge in [-0.1, -0.05) is 12.2 Å². The van der Waals surface area contributed by atoms with E-state index < -0.39 is 16.8 Å². The largest absolute Gasteiger partial charge is 0.463 e. The fourth-order valence-electron chi connectivity index (χ4n) is 2.67. The molecule has 0 aromatic heterocycles. The molecule has 0 aliphatic heterocycles. The molecule has 0 fully saturated rings. The summed E-state index contributed by atoms with van der Waals surface area (Å²) in [6.45, 7) is 6.46. The van der Waals surface area contributed by atoms with Crippen molar-refractivity contribution in [3.63, 3.8) is 0 Å². The Morgan fingerprint density at radius 1 is 1.38 bits per heavy atom. The third-order valence-electron chi connectivity index (χ3n) is 4.30. The molecule has 1 unspecified atom stereocenters. The Labute approximate surface area is 126 Å². The van der Waals surface area contributed by atoms with Gasteiger partial charge in [0, 0.05) is 6.92 Å². The van der Waals surface area contributed by atoms with Crippen LogP contribution in [-0.4, -0.2) is 44.2 Å². The SMILES string of the molecule is CC(=O)OC(C)CCC[C@@](C)(O)[C@@]1(O)C=C[C@@](C)(O)CC1. The molecule has 0 amide bonds. The van der Waals surface area contributed by atoms with Gasteiger partial charge in [-0.05, 0) is 52.9 Å². The number of hydrogen-bond acceptors (Lipinski definition) is 5. The summed E-state index contributed by atoms with van der Waals surface area (Å²) in [7, 11) is 0. The molecule has 4 atom stereocenters. The van der Waals surface area contributed by atoms with Gasteiger partial charge in [0.25, 0.3) is 0 Å². The molecular formula is C16H28O5. The first-order valence-corrected chi connectivity index (χ1v) is 7.52. The highest BCUT2D eigenvalue weighted by Crippen LogP contribution is 2.38. The lowest BCUT2D eigenvalue weighted by Crippen LogP contribution is -2.53. The molecule has 0 aromatic rings. The van der Waals surface area contributed by atoms with Crippen LogP contribution >= 0.6 is 0 Å². The summed E-state index contributed by atoms with van der Waals surface area (Å²) >= 11 is 0. The van der Waals surface area contributed by atoms with Gasteiger partial charge >= 0.3 is 5.97 Å². The van der Waals surface area contributed by atoms with Crippen LogP contribution in [-0.2, 0) is 9.53 Å². The second kappa shape index (κ2) is 6.46. The number of esters is 1. The van der Waals surface area contributed by atoms with Crippen molar-refractivity contribution in [2.75, 3.05) is 0 Å². The molecule has 0 saturated heterocycles. The second-order valence-corrected chi connectivity index (χ2v) is 6.70. The first kappa shape index (κ1) is 18.1. The lowest BCUT2D eigenvalue weighted by Gasteiger charge is -2.43. The van der Waals surface area contributed by atoms with Crippen LogP contribution in [0.1, 0.15) is 59.8 Å². The van der Waals surface area contributed by atoms with Gasteiger partial charge in [0.2, 0.25) is 0 Å². The molecule has 5 heteroatoms. The van der Waals surface area contributed by atoms with Gasteiger partial charge in [0.05, 0.1) is 17.3 Å². The van der Waals surface area contributed by atoms with Gasteiger partial charge < -0.3 is 20.1 Å². The molecule has 3 N–H and O–H groups in total. The van der Waals surface area contributed by atoms with Crippen molar-refractivity contribution in [1.82, 2.24) is 0 Å². The fourth-order valence-corrected chi connectivity index (χ4v) is 2.67. The van der Waals surface area contributed by atoms with E-state index in [1.165, 1.54) is 13.0 Å². The number of carbonyl (C=O) groups is 1. The molecular weight excluding hydrogens is 272 g/mol. The normalized spacial score (nSPS) is 33.3. The van der Waals surface area contributed by atoms with Crippen LogP contribution in [0.5, 0.6) is 0 Å². The third-order valence-corrected chi connectivity index (χ3v) is 4.30. The molecule has 0 radical (unpaired) electrons. The molecule has 122 valence electrons. The van der Waals surface area contributed by atoms with Crippen LogP contribution in [0.3, 0.4) is 0 Å². The van der Waals surface area contributed by atoms with E-state index in [2.05, 4.69) is 0 Å². The molecule has 21 heavy (non-hydrogen) atoms. The van der Waals surface area contributed by atoms with E-state index in [0.29, 0.717) is 32.1 Å². The highest BCUT2D eigenvalue weighted by atomic mass is 16.5. The quantitative estimate of drug-likeness (QED) is 0.513. The van der Waals surface area contributed by atoms with Crippen molar-refractivity contribution in [3.8, 4) is 0 Å². The van der Waals surface area contributed by atoms with Crippen molar-refractivity contribution >= 4 is 5.97 Å². The van der Waals surface area contributed by atoms with Crippen LogP contribution in [0.15, 0.2) is 12.2 Å². The van der Waals surface area contributed by atoms with E-state index in [9.17, 15) is 20.1 Å². The summed E-state index contributed by atoms with van der Waals surface area (Å²) in [5.74, 6) is -0.315. The van der Waals surface area contributed by atoms with Crippen LogP contribution in [0.4, 0.5) is 0 Å². The molecule has 0 aromatic carbocycles. The van der Waals surface area contributed by atoms with E-state index >= 15 is 0 Å². The second-order valence-electron chi connectivity index (χ2n) is 6.70. The van der Waals surface area contributed by atoms with E-state index in [-0.39, 0.29) is 12.1 Å². The predicted octanol–water partition coefficient (Wildman–Crippen LogP) is 1.69. The third kappa shape index (κ3) is 5.09. The van der Waals surface area contributed by atoms with Crippen LogP contribution in [0.2, 0.25) is 0 Å². The Morgan fingerprint density at radius 2 is 2.00 bits per heavy atom. The van der Waals surface area contributed by atoms with E-state index in [1.54, 1.807) is 19.9 Å². The molecule has 1 rings (SSSR count). The average molecular weight is 300 g/mol. The van der Waals surface area contributed by atoms with Crippen molar-refractivity contribution in [3.05, 3.63) is 12.2 Å². The van der Waals surface area contributed by atoms with E-state index in [4.69, 9.17) is 4.74 Å². The number of rotatable bonds is 6. The van der Waals surface area contributed by atoms with E-state index in [0.717, 1.165) is 0 Å². The maximum absolute atomic E-state index is 10.8. The topological polar surface area (TPSA) is 87.0 Å². The Bertz CT molecular complexity index is 399. The van der Waals surface area contributed by atoms with Gasteiger partial charge in [0.15, 0.2) is 0 Å². The Hall–Kier alpha value is -0.910. The van der Waals surface area contributed by atoms with Gasteiger partial charge in [-0.15, -0.1) is 0 Å². The fraction of sp³-hybridized carbons (Fsp3) is 0.812. The smallest absolute Gasteiger partial charge is 0.302 e. The van der Waals surface area contributed by atoms with Gasteiger partial charge in [-0.3, -0.25) is 4.79 Å². The highest BCUT2D eigenvalue weighted by Gasteiger charge is 2.46. The van der Waals surface area contributed by atoms with Crippen LogP contribution < -0.4 is 0 Å². The average Bonchev–Trinajstić information content (AvgIpc) is 2.32. The van der Waals surface area contributed by atoms with Crippen LogP contribution in [0, 0.1) is 0 Å². The Balaban J connectivity index is 2.55. The number of ether oxygens (including phenoxy) is 1. The Morgan fingerprint density at radius 3 is 2.48 bits per heavy atom. The van der Waals surface area contributed by atoms with Gasteiger partial charge in [0.1, 0.15) is 5.60 Å². The Kier molecular flexibility index (Phi) is 5.58. The minimum absolute atomic E-state index is 0.199. The summed E-state index contributed by atoms with van der Waals surface area (Å²) in [6.07, 6.45) is 5.22. The van der Waals surface area contributed by atoms with Crippen molar-refractivity contribution in [2.24, 2.45) is 0 Å². The molecule has 1 aliphatic rings. The first-order valence-electron chi connectivity index (χ1n) is 7.52. The molecule has 0 bridgehead atoms. The standard InChI is InChI=1S/C16H28O5/c1-12(21-13(2)17)6-5-7-15(4,19)16(20)10-8-14(3,18)9-11-16/h8,10,12,18-20H,5-7,9,11H2,1-4H3/t12?,14-,15-,16-/m1/s1. The summed E-state index contributed by atoms with van der Waals surface area (Å²) < 4.78 is 5.03. The zero-order valence-electron chi connectivity index (χ0n) is 13.4. The van der Waals surface area contributed by atoms with Crippen molar-refractivity contribution < 1.29 is 24.9 Å². The molecule has 0 spiro atoms. The predicted molar refractivity (Wildman–Crippen MR) is 79.7 cm³/mol. The summed E-state index contributed by atoms with van der Waals surface area (Å²) in [5.41, 5.74) is -3.54. The molecule has 5 nitrogen and oxygen atoms in total. The summed E-state index contributed by atoms with van der Waals surface area (Å²) in [6, 6.07) is 0. The van der Waals surface area contributed by atoms with E-state index in [1.807, 2.05) is 6.92 Å². The first-order chi connectivity index (χ1) is 9.47. The number of hydrogen-bond donors (Lipinski definition) is 3. The lowest BCUT2D eigenvalue weighted by atomic mass is 9.72. The molecule has 1 aliphatic carbocycles. The monoisotopic (exact) mass is 300 g/mol. The number of aliphatic hydroxyl groups is 3. The van der Waals surface area contributed by atoms with Gasteiger partial charge in [-0.25, -0.2) is 0 Å². The molecule has 0 saturated carbocycles.